The number of hydrogen-bond donors (Lipinski definition) is 1. The topological polar surface area (TPSA) is 86.3 Å². The minimum absolute atomic E-state index is 0.207. The summed E-state index contributed by atoms with van der Waals surface area (Å²) in [7, 11) is 0. The molecule has 2 aliphatic heterocycles. The molecule has 2 aromatic rings. The lowest BCUT2D eigenvalue weighted by molar-refractivity contribution is -0.133. The minimum atomic E-state index is -0.752. The van der Waals surface area contributed by atoms with Gasteiger partial charge in [0.25, 0.3) is 0 Å². The highest BCUT2D eigenvalue weighted by atomic mass is 32.1. The Hall–Kier alpha value is -2.56. The Labute approximate surface area is 155 Å². The number of nitrogens with zero attached hydrogens (tertiary/aromatic N) is 2. The van der Waals surface area contributed by atoms with Crippen molar-refractivity contribution in [2.24, 2.45) is 5.92 Å². The Morgan fingerprint density at radius 3 is 2.92 bits per heavy atom. The summed E-state index contributed by atoms with van der Waals surface area (Å²) in [6.07, 6.45) is 1.46. The number of nitriles is 1. The van der Waals surface area contributed by atoms with E-state index in [1.54, 1.807) is 17.0 Å². The molecular formula is C19H17N3O3S. The number of Topliss-reactive ketones (excluding diaryl/α,β-unsaturated/α-hetero) is 1. The van der Waals surface area contributed by atoms with Crippen molar-refractivity contribution in [2.75, 3.05) is 13.1 Å². The first-order valence-electron chi connectivity index (χ1n) is 8.59. The van der Waals surface area contributed by atoms with Gasteiger partial charge >= 0.3 is 0 Å². The second-order valence-electron chi connectivity index (χ2n) is 6.63. The molecule has 1 unspecified atom stereocenters. The van der Waals surface area contributed by atoms with E-state index in [-0.39, 0.29) is 17.5 Å². The molecule has 0 radical (unpaired) electrons. The van der Waals surface area contributed by atoms with Gasteiger partial charge in [0.05, 0.1) is 12.0 Å². The molecule has 3 heterocycles. The van der Waals surface area contributed by atoms with E-state index in [1.165, 1.54) is 0 Å². The maximum Gasteiger partial charge on any atom is 0.241 e. The average Bonchev–Trinajstić information content (AvgIpc) is 3.37. The van der Waals surface area contributed by atoms with Gasteiger partial charge in [-0.1, -0.05) is 30.4 Å². The highest BCUT2D eigenvalue weighted by Crippen LogP contribution is 2.27. The molecular weight excluding hydrogens is 350 g/mol. The summed E-state index contributed by atoms with van der Waals surface area (Å²) in [4.78, 5) is 28.1. The van der Waals surface area contributed by atoms with Gasteiger partial charge in [-0.15, -0.1) is 0 Å². The Kier molecular flexibility index (Phi) is 4.31. The number of carbonyl (C=O) groups is 2. The fourth-order valence-corrected chi connectivity index (χ4v) is 4.08. The smallest absolute Gasteiger partial charge is 0.241 e. The van der Waals surface area contributed by atoms with Crippen LogP contribution in [0.25, 0.3) is 11.0 Å². The van der Waals surface area contributed by atoms with Crippen molar-refractivity contribution in [2.45, 2.75) is 24.9 Å². The standard InChI is InChI=1S/C19H17N3O3S/c20-9-12-5-3-7-22(12)19(24)17-16(15(26)10-21-17)18(23)14-8-11-4-1-2-6-13(11)25-14/h1-2,4,6,8,12,16-17,21H,3,5,7,10H2/t12-,16?,17-/m0/s1. The molecule has 2 saturated heterocycles. The lowest BCUT2D eigenvalue weighted by Crippen LogP contribution is -2.49. The van der Waals surface area contributed by atoms with Crippen molar-refractivity contribution < 1.29 is 14.0 Å². The molecule has 0 saturated carbocycles. The molecule has 0 bridgehead atoms. The number of para-hydroxylation sites is 1. The van der Waals surface area contributed by atoms with Crippen molar-refractivity contribution in [3.8, 4) is 6.07 Å². The SMILES string of the molecule is N#C[C@@H]1CCCN1C(=O)[C@H]1NCC(=S)C1C(=O)c1cc2ccccc2o1. The second kappa shape index (κ2) is 6.63. The van der Waals surface area contributed by atoms with Crippen molar-refractivity contribution in [3.63, 3.8) is 0 Å². The Morgan fingerprint density at radius 1 is 1.35 bits per heavy atom. The normalized spacial score (nSPS) is 25.6. The number of carbonyl (C=O) groups excluding carboxylic acids is 2. The monoisotopic (exact) mass is 367 g/mol. The van der Waals surface area contributed by atoms with E-state index < -0.39 is 18.0 Å². The Bertz CT molecular complexity index is 912. The van der Waals surface area contributed by atoms with Crippen LogP contribution in [0.4, 0.5) is 0 Å². The molecule has 6 nitrogen and oxygen atoms in total. The predicted octanol–water partition coefficient (Wildman–Crippen LogP) is 2.09. The van der Waals surface area contributed by atoms with Crippen LogP contribution in [0.15, 0.2) is 34.7 Å². The molecule has 1 amide bonds. The molecule has 3 atom stereocenters. The number of benzene rings is 1. The molecule has 132 valence electrons. The number of nitrogens with one attached hydrogen (secondary N) is 1. The van der Waals surface area contributed by atoms with Gasteiger partial charge in [-0.3, -0.25) is 9.59 Å². The lowest BCUT2D eigenvalue weighted by atomic mass is 9.92. The van der Waals surface area contributed by atoms with Crippen LogP contribution in [0.1, 0.15) is 23.4 Å². The Morgan fingerprint density at radius 2 is 2.15 bits per heavy atom. The number of rotatable bonds is 3. The van der Waals surface area contributed by atoms with Gasteiger partial charge in [-0.2, -0.15) is 5.26 Å². The maximum atomic E-state index is 13.1. The van der Waals surface area contributed by atoms with E-state index in [2.05, 4.69) is 11.4 Å². The lowest BCUT2D eigenvalue weighted by Gasteiger charge is -2.25. The molecule has 2 aliphatic rings. The summed E-state index contributed by atoms with van der Waals surface area (Å²) in [5.41, 5.74) is 0.625. The zero-order valence-corrected chi connectivity index (χ0v) is 14.8. The number of amides is 1. The summed E-state index contributed by atoms with van der Waals surface area (Å²) < 4.78 is 5.67. The third-order valence-electron chi connectivity index (χ3n) is 5.08. The third-order valence-corrected chi connectivity index (χ3v) is 5.48. The van der Waals surface area contributed by atoms with Gasteiger partial charge in [0.1, 0.15) is 17.7 Å². The van der Waals surface area contributed by atoms with Crippen LogP contribution in [-0.4, -0.2) is 46.6 Å². The first-order chi connectivity index (χ1) is 12.6. The first-order valence-corrected chi connectivity index (χ1v) is 9.00. The van der Waals surface area contributed by atoms with Gasteiger partial charge in [0.15, 0.2) is 5.76 Å². The van der Waals surface area contributed by atoms with E-state index in [9.17, 15) is 14.9 Å². The highest BCUT2D eigenvalue weighted by molar-refractivity contribution is 7.80. The van der Waals surface area contributed by atoms with Crippen LogP contribution in [0.2, 0.25) is 0 Å². The molecule has 1 aromatic heterocycles. The van der Waals surface area contributed by atoms with E-state index >= 15 is 0 Å². The maximum absolute atomic E-state index is 13.1. The third kappa shape index (κ3) is 2.71. The molecule has 0 spiro atoms. The predicted molar refractivity (Wildman–Crippen MR) is 98.8 cm³/mol. The largest absolute Gasteiger partial charge is 0.453 e. The molecule has 4 rings (SSSR count). The molecule has 26 heavy (non-hydrogen) atoms. The molecule has 1 aromatic carbocycles. The number of hydrogen-bond acceptors (Lipinski definition) is 6. The fraction of sp³-hybridized carbons (Fsp3) is 0.368. The molecule has 0 aliphatic carbocycles. The van der Waals surface area contributed by atoms with Crippen LogP contribution in [-0.2, 0) is 4.79 Å². The second-order valence-corrected chi connectivity index (χ2v) is 7.16. The first kappa shape index (κ1) is 16.9. The molecule has 1 N–H and O–H groups in total. The van der Waals surface area contributed by atoms with Crippen molar-refractivity contribution in [3.05, 3.63) is 36.1 Å². The zero-order valence-electron chi connectivity index (χ0n) is 14.0. The van der Waals surface area contributed by atoms with Crippen molar-refractivity contribution >= 4 is 39.7 Å². The van der Waals surface area contributed by atoms with Gasteiger partial charge in [-0.25, -0.2) is 0 Å². The van der Waals surface area contributed by atoms with E-state index in [0.717, 1.165) is 11.8 Å². The zero-order chi connectivity index (χ0) is 18.3. The number of thiocarbonyl (C=S) groups is 1. The van der Waals surface area contributed by atoms with Crippen LogP contribution in [0, 0.1) is 17.2 Å². The Balaban J connectivity index is 1.62. The quantitative estimate of drug-likeness (QED) is 0.660. The van der Waals surface area contributed by atoms with E-state index in [1.807, 2.05) is 18.2 Å². The summed E-state index contributed by atoms with van der Waals surface area (Å²) in [6, 6.07) is 10.1. The van der Waals surface area contributed by atoms with Crippen LogP contribution < -0.4 is 5.32 Å². The van der Waals surface area contributed by atoms with E-state index in [4.69, 9.17) is 16.6 Å². The summed E-state index contributed by atoms with van der Waals surface area (Å²) >= 11 is 5.37. The molecule has 7 heteroatoms. The van der Waals surface area contributed by atoms with Gasteiger partial charge in [-0.05, 0) is 25.0 Å². The van der Waals surface area contributed by atoms with Crippen LogP contribution >= 0.6 is 12.2 Å². The summed E-state index contributed by atoms with van der Waals surface area (Å²) in [5.74, 6) is -1.07. The van der Waals surface area contributed by atoms with Gasteiger partial charge < -0.3 is 14.6 Å². The number of likely N-dealkylation sites (tertiary alicyclic amines) is 1. The van der Waals surface area contributed by atoms with Crippen molar-refractivity contribution in [1.29, 1.82) is 5.26 Å². The number of fused-ring (bicyclic) bond motifs is 1. The fourth-order valence-electron chi connectivity index (χ4n) is 3.75. The minimum Gasteiger partial charge on any atom is -0.453 e. The average molecular weight is 367 g/mol. The van der Waals surface area contributed by atoms with Crippen LogP contribution in [0.3, 0.4) is 0 Å². The number of ketones is 1. The highest BCUT2D eigenvalue weighted by Gasteiger charge is 2.45. The van der Waals surface area contributed by atoms with Crippen molar-refractivity contribution in [1.82, 2.24) is 10.2 Å². The summed E-state index contributed by atoms with van der Waals surface area (Å²) in [5, 5.41) is 13.1. The van der Waals surface area contributed by atoms with Gasteiger partial charge in [0, 0.05) is 23.3 Å². The number of furan rings is 1. The van der Waals surface area contributed by atoms with Gasteiger partial charge in [0.2, 0.25) is 11.7 Å². The molecule has 2 fully saturated rings. The summed E-state index contributed by atoms with van der Waals surface area (Å²) in [6.45, 7) is 0.862. The van der Waals surface area contributed by atoms with E-state index in [0.29, 0.717) is 30.0 Å². The van der Waals surface area contributed by atoms with Crippen LogP contribution in [0.5, 0.6) is 0 Å².